The fourth-order valence-electron chi connectivity index (χ4n) is 1.06. The Hall–Kier alpha value is -1.21. The molecule has 2 N–H and O–H groups in total. The predicted molar refractivity (Wildman–Crippen MR) is 63.4 cm³/mol. The minimum absolute atomic E-state index is 0.0621. The lowest BCUT2D eigenvalue weighted by atomic mass is 10.3. The van der Waals surface area contributed by atoms with Crippen LogP contribution in [-0.4, -0.2) is 27.7 Å². The molecule has 0 aliphatic carbocycles. The number of aliphatic hydroxyl groups is 1. The monoisotopic (exact) mass is 289 g/mol. The van der Waals surface area contributed by atoms with Crippen molar-refractivity contribution in [2.24, 2.45) is 0 Å². The molecule has 1 aromatic heterocycles. The molecule has 0 aliphatic heterocycles. The number of hydrogen-bond donors (Lipinski definition) is 2. The molecule has 0 radical (unpaired) electrons. The van der Waals surface area contributed by atoms with Crippen LogP contribution in [0.15, 0.2) is 16.7 Å². The van der Waals surface area contributed by atoms with E-state index in [-0.39, 0.29) is 11.8 Å². The minimum Gasteiger partial charge on any atom is -0.393 e. The summed E-state index contributed by atoms with van der Waals surface area (Å²) in [5.41, 5.74) is -0.0621. The summed E-state index contributed by atoms with van der Waals surface area (Å²) in [7, 11) is 0. The molecule has 1 rings (SSSR count). The highest BCUT2D eigenvalue weighted by Crippen LogP contribution is 2.24. The van der Waals surface area contributed by atoms with Gasteiger partial charge in [0.25, 0.3) is 5.69 Å². The average molecular weight is 290 g/mol. The number of aromatic nitrogens is 1. The van der Waals surface area contributed by atoms with Gasteiger partial charge in [-0.3, -0.25) is 10.1 Å². The zero-order valence-electron chi connectivity index (χ0n) is 8.68. The van der Waals surface area contributed by atoms with Gasteiger partial charge in [0, 0.05) is 12.6 Å². The van der Waals surface area contributed by atoms with E-state index in [2.05, 4.69) is 26.2 Å². The molecule has 7 heteroatoms. The van der Waals surface area contributed by atoms with Gasteiger partial charge < -0.3 is 10.4 Å². The van der Waals surface area contributed by atoms with E-state index in [0.29, 0.717) is 23.3 Å². The molecule has 1 heterocycles. The smallest absolute Gasteiger partial charge is 0.288 e. The largest absolute Gasteiger partial charge is 0.393 e. The maximum absolute atomic E-state index is 10.5. The van der Waals surface area contributed by atoms with Crippen molar-refractivity contribution in [2.75, 3.05) is 11.9 Å². The van der Waals surface area contributed by atoms with E-state index in [4.69, 9.17) is 5.11 Å². The van der Waals surface area contributed by atoms with Gasteiger partial charge in [0.2, 0.25) is 0 Å². The number of nitrogens with zero attached hydrogens (tertiary/aromatic N) is 2. The van der Waals surface area contributed by atoms with Crippen molar-refractivity contribution in [2.45, 2.75) is 19.4 Å². The van der Waals surface area contributed by atoms with Crippen LogP contribution in [0.25, 0.3) is 0 Å². The molecule has 0 bridgehead atoms. The van der Waals surface area contributed by atoms with E-state index in [1.165, 1.54) is 12.3 Å². The molecule has 0 aliphatic rings. The van der Waals surface area contributed by atoms with Crippen LogP contribution in [0.4, 0.5) is 11.5 Å². The maximum atomic E-state index is 10.5. The second-order valence-corrected chi connectivity index (χ2v) is 4.20. The Morgan fingerprint density at radius 1 is 1.75 bits per heavy atom. The second-order valence-electron chi connectivity index (χ2n) is 3.35. The molecule has 1 unspecified atom stereocenters. The van der Waals surface area contributed by atoms with E-state index in [1.807, 2.05) is 0 Å². The first-order valence-corrected chi connectivity index (χ1v) is 5.52. The highest BCUT2D eigenvalue weighted by Gasteiger charge is 2.10. The van der Waals surface area contributed by atoms with Gasteiger partial charge >= 0.3 is 0 Å². The summed E-state index contributed by atoms with van der Waals surface area (Å²) < 4.78 is 0.535. The Morgan fingerprint density at radius 3 is 2.94 bits per heavy atom. The topological polar surface area (TPSA) is 88.3 Å². The molecule has 0 spiro atoms. The van der Waals surface area contributed by atoms with Gasteiger partial charge in [-0.05, 0) is 29.3 Å². The van der Waals surface area contributed by atoms with Crippen molar-refractivity contribution >= 4 is 27.4 Å². The molecule has 0 saturated carbocycles. The summed E-state index contributed by atoms with van der Waals surface area (Å²) in [5.74, 6) is 0.534. The van der Waals surface area contributed by atoms with Crippen molar-refractivity contribution in [1.82, 2.24) is 4.98 Å². The van der Waals surface area contributed by atoms with Gasteiger partial charge in [-0.25, -0.2) is 4.98 Å². The summed E-state index contributed by atoms with van der Waals surface area (Å²) in [6.45, 7) is 2.25. The number of anilines is 1. The third-order valence-electron chi connectivity index (χ3n) is 1.89. The Morgan fingerprint density at radius 2 is 2.44 bits per heavy atom. The van der Waals surface area contributed by atoms with Gasteiger partial charge in [-0.2, -0.15) is 0 Å². The zero-order valence-corrected chi connectivity index (χ0v) is 10.3. The first-order valence-electron chi connectivity index (χ1n) is 4.72. The number of nitrogens with one attached hydrogen (secondary N) is 1. The summed E-state index contributed by atoms with van der Waals surface area (Å²) in [6, 6.07) is 1.39. The van der Waals surface area contributed by atoms with Gasteiger partial charge in [0.1, 0.15) is 12.0 Å². The van der Waals surface area contributed by atoms with E-state index >= 15 is 0 Å². The van der Waals surface area contributed by atoms with Gasteiger partial charge in [-0.1, -0.05) is 0 Å². The Bertz CT molecular complexity index is 384. The number of rotatable bonds is 5. The van der Waals surface area contributed by atoms with Crippen molar-refractivity contribution in [3.8, 4) is 0 Å². The quantitative estimate of drug-likeness (QED) is 0.639. The van der Waals surface area contributed by atoms with Crippen molar-refractivity contribution < 1.29 is 10.0 Å². The lowest BCUT2D eigenvalue weighted by Crippen LogP contribution is -2.11. The van der Waals surface area contributed by atoms with Crippen LogP contribution < -0.4 is 5.32 Å². The van der Waals surface area contributed by atoms with Gasteiger partial charge in [0.15, 0.2) is 0 Å². The maximum Gasteiger partial charge on any atom is 0.288 e. The fourth-order valence-corrected chi connectivity index (χ4v) is 1.53. The fraction of sp³-hybridized carbons (Fsp3) is 0.444. The third-order valence-corrected chi connectivity index (χ3v) is 2.50. The molecule has 88 valence electrons. The van der Waals surface area contributed by atoms with Crippen LogP contribution in [0.5, 0.6) is 0 Å². The molecule has 0 fully saturated rings. The molecule has 6 nitrogen and oxygen atoms in total. The van der Waals surface area contributed by atoms with Gasteiger partial charge in [0.05, 0.1) is 15.5 Å². The van der Waals surface area contributed by atoms with Crippen molar-refractivity contribution in [3.63, 3.8) is 0 Å². The molecule has 1 aromatic rings. The summed E-state index contributed by atoms with van der Waals surface area (Å²) in [4.78, 5) is 13.9. The lowest BCUT2D eigenvalue weighted by Gasteiger charge is -2.08. The van der Waals surface area contributed by atoms with Crippen LogP contribution in [-0.2, 0) is 0 Å². The highest BCUT2D eigenvalue weighted by molar-refractivity contribution is 9.10. The first-order chi connectivity index (χ1) is 7.50. The molecule has 16 heavy (non-hydrogen) atoms. The van der Waals surface area contributed by atoms with E-state index in [1.54, 1.807) is 6.92 Å². The Labute approximate surface area is 101 Å². The number of hydrogen-bond acceptors (Lipinski definition) is 5. The normalized spacial score (nSPS) is 12.2. The Balaban J connectivity index is 2.64. The third kappa shape index (κ3) is 3.74. The molecule has 0 amide bonds. The van der Waals surface area contributed by atoms with Crippen LogP contribution in [0, 0.1) is 10.1 Å². The number of nitro groups is 1. The summed E-state index contributed by atoms with van der Waals surface area (Å²) >= 11 is 3.19. The standard InChI is InChI=1S/C9H12BrN3O3/c1-6(14)2-3-11-9-8(10)4-7(5-12-9)13(15)16/h4-6,14H,2-3H2,1H3,(H,11,12). The molecular weight excluding hydrogens is 278 g/mol. The summed E-state index contributed by atoms with van der Waals surface area (Å²) in [5, 5.41) is 22.5. The van der Waals surface area contributed by atoms with Crippen LogP contribution in [0.2, 0.25) is 0 Å². The first kappa shape index (κ1) is 12.9. The second kappa shape index (κ2) is 5.76. The molecule has 0 saturated heterocycles. The SMILES string of the molecule is CC(O)CCNc1ncc([N+](=O)[O-])cc1Br. The van der Waals surface area contributed by atoms with E-state index in [9.17, 15) is 10.1 Å². The molecule has 1 atom stereocenters. The van der Waals surface area contributed by atoms with Crippen LogP contribution in [0.3, 0.4) is 0 Å². The van der Waals surface area contributed by atoms with Crippen LogP contribution in [0.1, 0.15) is 13.3 Å². The summed E-state index contributed by atoms with van der Waals surface area (Å²) in [6.07, 6.45) is 1.39. The van der Waals surface area contributed by atoms with Gasteiger partial charge in [-0.15, -0.1) is 0 Å². The van der Waals surface area contributed by atoms with E-state index in [0.717, 1.165) is 0 Å². The minimum atomic E-state index is -0.503. The molecular formula is C9H12BrN3O3. The highest BCUT2D eigenvalue weighted by atomic mass is 79.9. The number of halogens is 1. The molecule has 0 aromatic carbocycles. The number of aliphatic hydroxyl groups excluding tert-OH is 1. The predicted octanol–water partition coefficient (Wildman–Crippen LogP) is 1.94. The lowest BCUT2D eigenvalue weighted by molar-refractivity contribution is -0.385. The van der Waals surface area contributed by atoms with E-state index < -0.39 is 4.92 Å². The van der Waals surface area contributed by atoms with Crippen LogP contribution >= 0.6 is 15.9 Å². The zero-order chi connectivity index (χ0) is 12.1. The van der Waals surface area contributed by atoms with Crippen molar-refractivity contribution in [3.05, 3.63) is 26.9 Å². The number of pyridine rings is 1. The Kier molecular flexibility index (Phi) is 4.63. The average Bonchev–Trinajstić information content (AvgIpc) is 2.19. The van der Waals surface area contributed by atoms with Crippen molar-refractivity contribution in [1.29, 1.82) is 0 Å².